The lowest BCUT2D eigenvalue weighted by Gasteiger charge is -2.36. The van der Waals surface area contributed by atoms with E-state index in [4.69, 9.17) is 0 Å². The zero-order valence-corrected chi connectivity index (χ0v) is 16.4. The molecule has 1 fully saturated rings. The molecule has 1 aliphatic rings. The molecule has 1 saturated heterocycles. The molecule has 0 aromatic heterocycles. The van der Waals surface area contributed by atoms with Crippen molar-refractivity contribution in [1.29, 1.82) is 0 Å². The maximum atomic E-state index is 13.2. The Morgan fingerprint density at radius 3 is 2.41 bits per heavy atom. The number of ketones is 1. The van der Waals surface area contributed by atoms with Crippen LogP contribution in [0.3, 0.4) is 0 Å². The van der Waals surface area contributed by atoms with Gasteiger partial charge in [-0.15, -0.1) is 0 Å². The first-order chi connectivity index (χ1) is 13.9. The van der Waals surface area contributed by atoms with Gasteiger partial charge in [0.05, 0.1) is 6.54 Å². The normalized spacial score (nSPS) is 13.9. The van der Waals surface area contributed by atoms with Gasteiger partial charge >= 0.3 is 0 Å². The molecule has 2 amide bonds. The largest absolute Gasteiger partial charge is 0.368 e. The van der Waals surface area contributed by atoms with Crippen LogP contribution in [0.25, 0.3) is 0 Å². The summed E-state index contributed by atoms with van der Waals surface area (Å²) in [5, 5.41) is 2.38. The summed E-state index contributed by atoms with van der Waals surface area (Å²) in [5.74, 6) is -2.22. The van der Waals surface area contributed by atoms with Gasteiger partial charge in [0.1, 0.15) is 5.82 Å². The fraction of sp³-hybridized carbons (Fsp3) is 0.318. The monoisotopic (exact) mass is 397 g/mol. The van der Waals surface area contributed by atoms with Crippen LogP contribution in [0, 0.1) is 12.7 Å². The number of carbonyl (C=O) groups is 3. The molecule has 0 aliphatic carbocycles. The molecule has 0 atom stereocenters. The average molecular weight is 397 g/mol. The van der Waals surface area contributed by atoms with E-state index in [1.807, 2.05) is 19.1 Å². The fourth-order valence-corrected chi connectivity index (χ4v) is 3.32. The lowest BCUT2D eigenvalue weighted by molar-refractivity contribution is -0.139. The minimum Gasteiger partial charge on any atom is -0.368 e. The van der Waals surface area contributed by atoms with Gasteiger partial charge in [-0.2, -0.15) is 0 Å². The molecule has 29 heavy (non-hydrogen) atoms. The van der Waals surface area contributed by atoms with Gasteiger partial charge in [-0.1, -0.05) is 24.3 Å². The Morgan fingerprint density at radius 1 is 1.00 bits per heavy atom. The molecule has 0 radical (unpaired) electrons. The number of nitrogens with one attached hydrogen (secondary N) is 1. The van der Waals surface area contributed by atoms with E-state index in [2.05, 4.69) is 22.3 Å². The second kappa shape index (κ2) is 9.32. The molecular weight excluding hydrogens is 373 g/mol. The molecule has 6 nitrogen and oxygen atoms in total. The third-order valence-corrected chi connectivity index (χ3v) is 4.91. The summed E-state index contributed by atoms with van der Waals surface area (Å²) in [4.78, 5) is 40.2. The first-order valence-corrected chi connectivity index (χ1v) is 9.57. The molecule has 1 N–H and O–H groups in total. The van der Waals surface area contributed by atoms with Crippen LogP contribution in [0.5, 0.6) is 0 Å². The van der Waals surface area contributed by atoms with Gasteiger partial charge in [0.15, 0.2) is 0 Å². The van der Waals surface area contributed by atoms with E-state index >= 15 is 0 Å². The van der Waals surface area contributed by atoms with Crippen molar-refractivity contribution in [2.75, 3.05) is 37.6 Å². The number of piperazine rings is 1. The zero-order valence-electron chi connectivity index (χ0n) is 16.4. The van der Waals surface area contributed by atoms with E-state index in [9.17, 15) is 18.8 Å². The summed E-state index contributed by atoms with van der Waals surface area (Å²) in [6.07, 6.45) is -0.201. The van der Waals surface area contributed by atoms with Gasteiger partial charge in [0, 0.05) is 38.3 Å². The van der Waals surface area contributed by atoms with Crippen LogP contribution in [-0.4, -0.2) is 55.2 Å². The van der Waals surface area contributed by atoms with Crippen molar-refractivity contribution in [3.8, 4) is 0 Å². The average Bonchev–Trinajstić information content (AvgIpc) is 2.72. The van der Waals surface area contributed by atoms with Gasteiger partial charge in [0.2, 0.25) is 11.7 Å². The molecule has 0 spiro atoms. The van der Waals surface area contributed by atoms with E-state index in [1.165, 1.54) is 23.8 Å². The van der Waals surface area contributed by atoms with Crippen molar-refractivity contribution in [3.05, 3.63) is 65.5 Å². The lowest BCUT2D eigenvalue weighted by atomic mass is 10.1. The molecular formula is C22H24FN3O3. The van der Waals surface area contributed by atoms with Crippen molar-refractivity contribution in [3.63, 3.8) is 0 Å². The second-order valence-electron chi connectivity index (χ2n) is 7.12. The van der Waals surface area contributed by atoms with Crippen LogP contribution in [-0.2, 0) is 20.8 Å². The van der Waals surface area contributed by atoms with Crippen LogP contribution >= 0.6 is 0 Å². The Bertz CT molecular complexity index is 908. The van der Waals surface area contributed by atoms with E-state index in [0.717, 1.165) is 5.69 Å². The SMILES string of the molecule is Cc1cccc(N2CCN(C(=O)CNC(=O)C(=O)Cc3cccc(F)c3)CC2)c1. The Labute approximate surface area is 169 Å². The molecule has 1 aliphatic heterocycles. The summed E-state index contributed by atoms with van der Waals surface area (Å²) in [6.45, 7) is 4.35. The standard InChI is InChI=1S/C22H24FN3O3/c1-16-4-2-7-19(12-16)25-8-10-26(11-9-25)21(28)15-24-22(29)20(27)14-17-5-3-6-18(23)13-17/h2-7,12-13H,8-11,14-15H2,1H3,(H,24,29). The Balaban J connectivity index is 1.43. The van der Waals surface area contributed by atoms with Crippen molar-refractivity contribution >= 4 is 23.3 Å². The van der Waals surface area contributed by atoms with Crippen molar-refractivity contribution in [1.82, 2.24) is 10.2 Å². The molecule has 1 heterocycles. The number of anilines is 1. The minimum atomic E-state index is -0.832. The number of hydrogen-bond acceptors (Lipinski definition) is 4. The zero-order chi connectivity index (χ0) is 20.8. The number of rotatable bonds is 6. The van der Waals surface area contributed by atoms with Crippen molar-refractivity contribution in [2.24, 2.45) is 0 Å². The predicted octanol–water partition coefficient (Wildman–Crippen LogP) is 1.71. The fourth-order valence-electron chi connectivity index (χ4n) is 3.32. The van der Waals surface area contributed by atoms with E-state index in [-0.39, 0.29) is 18.9 Å². The van der Waals surface area contributed by atoms with Gasteiger partial charge in [-0.25, -0.2) is 4.39 Å². The number of halogens is 1. The molecule has 0 bridgehead atoms. The summed E-state index contributed by atoms with van der Waals surface area (Å²) in [7, 11) is 0. The van der Waals surface area contributed by atoms with E-state index in [0.29, 0.717) is 31.7 Å². The quantitative estimate of drug-likeness (QED) is 0.754. The van der Waals surface area contributed by atoms with Crippen molar-refractivity contribution in [2.45, 2.75) is 13.3 Å². The first-order valence-electron chi connectivity index (χ1n) is 9.57. The van der Waals surface area contributed by atoms with Crippen molar-refractivity contribution < 1.29 is 18.8 Å². The molecule has 3 rings (SSSR count). The third kappa shape index (κ3) is 5.63. The van der Waals surface area contributed by atoms with Crippen LogP contribution < -0.4 is 10.2 Å². The second-order valence-corrected chi connectivity index (χ2v) is 7.12. The number of nitrogens with zero attached hydrogens (tertiary/aromatic N) is 2. The maximum Gasteiger partial charge on any atom is 0.288 e. The van der Waals surface area contributed by atoms with E-state index < -0.39 is 17.5 Å². The highest BCUT2D eigenvalue weighted by Crippen LogP contribution is 2.17. The van der Waals surface area contributed by atoms with Crippen LogP contribution in [0.15, 0.2) is 48.5 Å². The first kappa shape index (κ1) is 20.5. The summed E-state index contributed by atoms with van der Waals surface area (Å²) in [5.41, 5.74) is 2.74. The predicted molar refractivity (Wildman–Crippen MR) is 108 cm³/mol. The number of carbonyl (C=O) groups excluding carboxylic acids is 3. The topological polar surface area (TPSA) is 69.7 Å². The minimum absolute atomic E-state index is 0.201. The molecule has 2 aromatic carbocycles. The molecule has 2 aromatic rings. The Morgan fingerprint density at radius 2 is 1.72 bits per heavy atom. The number of hydrogen-bond donors (Lipinski definition) is 1. The van der Waals surface area contributed by atoms with Crippen LogP contribution in [0.4, 0.5) is 10.1 Å². The summed E-state index contributed by atoms with van der Waals surface area (Å²) in [6, 6.07) is 13.8. The highest BCUT2D eigenvalue weighted by atomic mass is 19.1. The summed E-state index contributed by atoms with van der Waals surface area (Å²) >= 11 is 0. The smallest absolute Gasteiger partial charge is 0.288 e. The van der Waals surface area contributed by atoms with Gasteiger partial charge in [-0.05, 0) is 42.3 Å². The molecule has 152 valence electrons. The van der Waals surface area contributed by atoms with Gasteiger partial charge in [0.25, 0.3) is 5.91 Å². The lowest BCUT2D eigenvalue weighted by Crippen LogP contribution is -2.51. The van der Waals surface area contributed by atoms with E-state index in [1.54, 1.807) is 11.0 Å². The molecule has 7 heteroatoms. The highest BCUT2D eigenvalue weighted by Gasteiger charge is 2.22. The Kier molecular flexibility index (Phi) is 6.59. The highest BCUT2D eigenvalue weighted by molar-refractivity contribution is 6.36. The van der Waals surface area contributed by atoms with Gasteiger partial charge < -0.3 is 15.1 Å². The van der Waals surface area contributed by atoms with Crippen LogP contribution in [0.1, 0.15) is 11.1 Å². The van der Waals surface area contributed by atoms with Crippen LogP contribution in [0.2, 0.25) is 0 Å². The summed E-state index contributed by atoms with van der Waals surface area (Å²) < 4.78 is 13.2. The Hall–Kier alpha value is -3.22. The maximum absolute atomic E-state index is 13.2. The number of benzene rings is 2. The number of amides is 2. The van der Waals surface area contributed by atoms with Gasteiger partial charge in [-0.3, -0.25) is 14.4 Å². The molecule has 0 unspecified atom stereocenters. The number of Topliss-reactive ketones (excluding diaryl/α,β-unsaturated/α-hetero) is 1. The molecule has 0 saturated carbocycles. The number of aryl methyl sites for hydroxylation is 1. The third-order valence-electron chi connectivity index (χ3n) is 4.91.